The fraction of sp³-hybridized carbons (Fsp3) is 0.517. The summed E-state index contributed by atoms with van der Waals surface area (Å²) in [5.74, 6) is 0.402. The molecule has 4 rings (SSSR count). The second-order valence-corrected chi connectivity index (χ2v) is 10.3. The molecule has 0 radical (unpaired) electrons. The van der Waals surface area contributed by atoms with Crippen molar-refractivity contribution in [3.8, 4) is 28.7 Å². The molecule has 14 nitrogen and oxygen atoms in total. The minimum atomic E-state index is -1.71. The van der Waals surface area contributed by atoms with Crippen LogP contribution in [0.4, 0.5) is 0 Å². The van der Waals surface area contributed by atoms with Crippen molar-refractivity contribution in [1.29, 1.82) is 0 Å². The van der Waals surface area contributed by atoms with Crippen LogP contribution in [0.15, 0.2) is 36.4 Å². The molecule has 2 aromatic rings. The van der Waals surface area contributed by atoms with Crippen LogP contribution in [0.25, 0.3) is 6.08 Å². The Hall–Kier alpha value is -3.18. The number of allylic oxidation sites excluding steroid dienone is 1. The average molecular weight is 611 g/mol. The molecule has 8 N–H and O–H groups in total. The maximum absolute atomic E-state index is 10.7. The number of aliphatic hydroxyl groups is 6. The van der Waals surface area contributed by atoms with Crippen LogP contribution in [-0.4, -0.2) is 123 Å². The van der Waals surface area contributed by atoms with Gasteiger partial charge in [-0.3, -0.25) is 0 Å². The Morgan fingerprint density at radius 3 is 2.09 bits per heavy atom. The number of hydrogen-bond donors (Lipinski definition) is 8. The van der Waals surface area contributed by atoms with Crippen LogP contribution in [0.3, 0.4) is 0 Å². The normalized spacial score (nSPS) is 33.0. The molecule has 0 aromatic heterocycles. The number of methoxy groups -OCH3 is 2. The van der Waals surface area contributed by atoms with Crippen LogP contribution in [0, 0.1) is 0 Å². The van der Waals surface area contributed by atoms with Crippen molar-refractivity contribution in [2.45, 2.75) is 74.8 Å². The number of hydrogen-bond acceptors (Lipinski definition) is 14. The van der Waals surface area contributed by atoms with Gasteiger partial charge in [0, 0.05) is 17.7 Å². The minimum Gasteiger partial charge on any atom is -0.507 e. The van der Waals surface area contributed by atoms with Gasteiger partial charge >= 0.3 is 0 Å². The van der Waals surface area contributed by atoms with Crippen LogP contribution >= 0.6 is 0 Å². The molecule has 10 atom stereocenters. The van der Waals surface area contributed by atoms with E-state index in [0.717, 1.165) is 0 Å². The van der Waals surface area contributed by atoms with E-state index in [9.17, 15) is 40.9 Å². The molecular weight excluding hydrogens is 572 g/mol. The first kappa shape index (κ1) is 32.7. The fourth-order valence-electron chi connectivity index (χ4n) is 4.81. The van der Waals surface area contributed by atoms with Gasteiger partial charge in [0.05, 0.1) is 26.9 Å². The third-order valence-corrected chi connectivity index (χ3v) is 7.37. The zero-order valence-corrected chi connectivity index (χ0v) is 23.8. The highest BCUT2D eigenvalue weighted by Crippen LogP contribution is 2.36. The Bertz CT molecular complexity index is 1250. The maximum atomic E-state index is 10.7. The lowest BCUT2D eigenvalue weighted by Crippen LogP contribution is -2.61. The summed E-state index contributed by atoms with van der Waals surface area (Å²) in [5.41, 5.74) is 1.12. The molecule has 0 spiro atoms. The molecule has 2 fully saturated rings. The summed E-state index contributed by atoms with van der Waals surface area (Å²) in [7, 11) is 2.84. The summed E-state index contributed by atoms with van der Waals surface area (Å²) in [5, 5.41) is 82.1. The van der Waals surface area contributed by atoms with Crippen molar-refractivity contribution < 1.29 is 69.3 Å². The van der Waals surface area contributed by atoms with Gasteiger partial charge in [0.2, 0.25) is 6.29 Å². The van der Waals surface area contributed by atoms with E-state index in [4.69, 9.17) is 28.4 Å². The highest BCUT2D eigenvalue weighted by Gasteiger charge is 2.47. The molecule has 0 bridgehead atoms. The second kappa shape index (κ2) is 14.1. The van der Waals surface area contributed by atoms with Gasteiger partial charge in [-0.05, 0) is 31.0 Å². The summed E-state index contributed by atoms with van der Waals surface area (Å²) in [6, 6.07) is 7.62. The van der Waals surface area contributed by atoms with Crippen LogP contribution in [0.2, 0.25) is 0 Å². The topological polar surface area (TPSA) is 217 Å². The third-order valence-electron chi connectivity index (χ3n) is 7.37. The van der Waals surface area contributed by atoms with Crippen LogP contribution in [0.5, 0.6) is 28.7 Å². The molecule has 2 aliphatic heterocycles. The summed E-state index contributed by atoms with van der Waals surface area (Å²) in [6.45, 7) is 1.03. The molecule has 2 aromatic carbocycles. The van der Waals surface area contributed by atoms with E-state index in [2.05, 4.69) is 0 Å². The van der Waals surface area contributed by atoms with Crippen molar-refractivity contribution in [2.24, 2.45) is 0 Å². The first-order valence-electron chi connectivity index (χ1n) is 13.6. The van der Waals surface area contributed by atoms with Crippen molar-refractivity contribution in [2.75, 3.05) is 20.8 Å². The zero-order valence-electron chi connectivity index (χ0n) is 23.8. The maximum Gasteiger partial charge on any atom is 0.229 e. The average Bonchev–Trinajstić information content (AvgIpc) is 2.98. The van der Waals surface area contributed by atoms with E-state index < -0.39 is 68.0 Å². The summed E-state index contributed by atoms with van der Waals surface area (Å²) in [4.78, 5) is 0. The fourth-order valence-corrected chi connectivity index (χ4v) is 4.81. The molecular formula is C29H38O14. The van der Waals surface area contributed by atoms with Gasteiger partial charge in [0.15, 0.2) is 17.8 Å². The Balaban J connectivity index is 1.43. The van der Waals surface area contributed by atoms with Gasteiger partial charge in [0.25, 0.3) is 0 Å². The van der Waals surface area contributed by atoms with Crippen molar-refractivity contribution in [3.05, 3.63) is 47.5 Å². The SMILES string of the molecule is COc1ccc(/C=C/Cc2c(O)cc(OC3O[C@H](CO[C@H]4O[C@@H](C)[C@H](O)[C@@H](O)[C@H]4O)[C@@H](O)[C@H](O)[C@H]3O)cc2OC)cc1O. The standard InChI is InChI=1S/C29H38O14/c1-13-22(32)24(34)26(36)28(41-13)40-12-21-23(33)25(35)27(37)29(43-21)42-15-10-17(30)16(20(11-15)39-3)6-4-5-14-7-8-19(38-2)18(31)9-14/h4-5,7-11,13,21-37H,6,12H2,1-3H3/b5-4+/t13-,21+,22-,23+,24+,25-,26+,27+,28-,29?/m0/s1. The predicted molar refractivity (Wildman–Crippen MR) is 148 cm³/mol. The van der Waals surface area contributed by atoms with Gasteiger partial charge in [-0.1, -0.05) is 18.2 Å². The quantitative estimate of drug-likeness (QED) is 0.169. The number of aromatic hydroxyl groups is 2. The molecule has 2 heterocycles. The highest BCUT2D eigenvalue weighted by atomic mass is 16.7. The molecule has 0 aliphatic carbocycles. The van der Waals surface area contributed by atoms with E-state index in [1.807, 2.05) is 0 Å². The number of benzene rings is 2. The van der Waals surface area contributed by atoms with E-state index >= 15 is 0 Å². The first-order chi connectivity index (χ1) is 20.4. The molecule has 2 aliphatic rings. The Morgan fingerprint density at radius 2 is 1.42 bits per heavy atom. The number of ether oxygens (including phenoxy) is 6. The number of phenolic OH excluding ortho intramolecular Hbond substituents is 2. The van der Waals surface area contributed by atoms with E-state index in [-0.39, 0.29) is 29.4 Å². The molecule has 0 saturated carbocycles. The Labute approximate surface area is 247 Å². The number of rotatable bonds is 10. The van der Waals surface area contributed by atoms with E-state index in [1.54, 1.807) is 24.3 Å². The molecule has 0 amide bonds. The van der Waals surface area contributed by atoms with Gasteiger partial charge in [-0.2, -0.15) is 0 Å². The summed E-state index contributed by atoms with van der Waals surface area (Å²) >= 11 is 0. The lowest BCUT2D eigenvalue weighted by molar-refractivity contribution is -0.318. The van der Waals surface area contributed by atoms with Crippen LogP contribution < -0.4 is 14.2 Å². The van der Waals surface area contributed by atoms with Crippen LogP contribution in [-0.2, 0) is 20.6 Å². The molecule has 238 valence electrons. The Kier molecular flexibility index (Phi) is 10.7. The molecule has 1 unspecified atom stereocenters. The number of aliphatic hydroxyl groups excluding tert-OH is 6. The minimum absolute atomic E-state index is 0.0155. The summed E-state index contributed by atoms with van der Waals surface area (Å²) < 4.78 is 32.7. The van der Waals surface area contributed by atoms with Crippen molar-refractivity contribution in [3.63, 3.8) is 0 Å². The van der Waals surface area contributed by atoms with Gasteiger partial charge in [0.1, 0.15) is 60.0 Å². The van der Waals surface area contributed by atoms with E-state index in [1.165, 1.54) is 39.3 Å². The monoisotopic (exact) mass is 610 g/mol. The second-order valence-electron chi connectivity index (χ2n) is 10.3. The highest BCUT2D eigenvalue weighted by molar-refractivity contribution is 5.57. The smallest absolute Gasteiger partial charge is 0.229 e. The predicted octanol–water partition coefficient (Wildman–Crippen LogP) is -0.599. The lowest BCUT2D eigenvalue weighted by Gasteiger charge is -2.42. The van der Waals surface area contributed by atoms with Crippen LogP contribution in [0.1, 0.15) is 18.1 Å². The molecule has 43 heavy (non-hydrogen) atoms. The zero-order chi connectivity index (χ0) is 31.4. The number of phenols is 2. The molecule has 14 heteroatoms. The van der Waals surface area contributed by atoms with E-state index in [0.29, 0.717) is 16.9 Å². The van der Waals surface area contributed by atoms with Gasteiger partial charge in [-0.25, -0.2) is 0 Å². The third kappa shape index (κ3) is 7.32. The van der Waals surface area contributed by atoms with Crippen molar-refractivity contribution in [1.82, 2.24) is 0 Å². The largest absolute Gasteiger partial charge is 0.507 e. The van der Waals surface area contributed by atoms with Gasteiger partial charge in [-0.15, -0.1) is 0 Å². The molecule has 2 saturated heterocycles. The summed E-state index contributed by atoms with van der Waals surface area (Å²) in [6.07, 6.45) is -10.8. The van der Waals surface area contributed by atoms with Crippen molar-refractivity contribution >= 4 is 6.08 Å². The lowest BCUT2D eigenvalue weighted by atomic mass is 9.98. The van der Waals surface area contributed by atoms with Gasteiger partial charge < -0.3 is 69.3 Å². The Morgan fingerprint density at radius 1 is 0.744 bits per heavy atom. The first-order valence-corrected chi connectivity index (χ1v) is 13.6.